The molecule has 5 heteroatoms. The molecule has 0 spiro atoms. The largest absolute Gasteiger partial charge is 0.311 e. The highest BCUT2D eigenvalue weighted by Gasteiger charge is 2.44. The van der Waals surface area contributed by atoms with Gasteiger partial charge < -0.3 is 19.6 Å². The van der Waals surface area contributed by atoms with Crippen molar-refractivity contribution in [1.82, 2.24) is 0 Å². The molecule has 0 N–H and O–H groups in total. The molecule has 0 saturated carbocycles. The topological polar surface area (TPSA) is 13.0 Å². The number of hydrogen-bond donors (Lipinski definition) is 0. The van der Waals surface area contributed by atoms with E-state index in [1.54, 1.807) is 0 Å². The van der Waals surface area contributed by atoms with Crippen molar-refractivity contribution in [2.45, 2.75) is 67.2 Å². The Morgan fingerprint density at radius 2 is 0.728 bits per heavy atom. The Morgan fingerprint density at radius 1 is 0.346 bits per heavy atom. The van der Waals surface area contributed by atoms with E-state index >= 15 is 0 Å². The Labute approximate surface area is 480 Å². The molecule has 0 fully saturated rings. The molecule has 0 bridgehead atoms. The molecule has 11 aromatic carbocycles. The van der Waals surface area contributed by atoms with E-state index < -0.39 is 0 Å². The Kier molecular flexibility index (Phi) is 13.1. The van der Waals surface area contributed by atoms with Crippen molar-refractivity contribution in [3.05, 3.63) is 282 Å². The molecule has 0 atom stereocenters. The fraction of sp³-hybridized carbons (Fsp3) is 0.132. The van der Waals surface area contributed by atoms with Crippen LogP contribution in [0.3, 0.4) is 0 Å². The maximum absolute atomic E-state index is 2.59. The van der Waals surface area contributed by atoms with Crippen LogP contribution in [0.2, 0.25) is 0 Å². The average molecular weight is 1050 g/mol. The second-order valence-corrected chi connectivity index (χ2v) is 23.2. The van der Waals surface area contributed by atoms with Crippen molar-refractivity contribution in [2.24, 2.45) is 0 Å². The second kappa shape index (κ2) is 20.7. The lowest BCUT2D eigenvalue weighted by molar-refractivity contribution is 0.590. The van der Waals surface area contributed by atoms with Crippen molar-refractivity contribution in [3.63, 3.8) is 0 Å². The summed E-state index contributed by atoms with van der Waals surface area (Å²) >= 11 is 0. The monoisotopic (exact) mass is 1050 g/mol. The van der Waals surface area contributed by atoms with Crippen molar-refractivity contribution >= 4 is 91.3 Å². The van der Waals surface area contributed by atoms with Crippen molar-refractivity contribution in [3.8, 4) is 22.3 Å². The molecule has 394 valence electrons. The molecular weight excluding hydrogens is 980 g/mol. The molecule has 2 aliphatic rings. The van der Waals surface area contributed by atoms with Gasteiger partial charge in [-0.2, -0.15) is 0 Å². The summed E-state index contributed by atoms with van der Waals surface area (Å²) in [6.45, 7) is 17.7. The van der Waals surface area contributed by atoms with E-state index in [1.807, 2.05) is 0 Å². The van der Waals surface area contributed by atoms with Crippen molar-refractivity contribution < 1.29 is 0 Å². The van der Waals surface area contributed by atoms with Crippen LogP contribution in [0.5, 0.6) is 0 Å². The molecule has 0 amide bonds. The average Bonchev–Trinajstić information content (AvgIpc) is 3.67. The third-order valence-corrected chi connectivity index (χ3v) is 16.6. The fourth-order valence-corrected chi connectivity index (χ4v) is 12.3. The maximum Gasteiger partial charge on any atom is 0.252 e. The molecule has 0 radical (unpaired) electrons. The number of benzene rings is 11. The van der Waals surface area contributed by atoms with Crippen LogP contribution in [0.25, 0.3) is 22.3 Å². The van der Waals surface area contributed by atoms with E-state index in [0.717, 1.165) is 74.7 Å². The van der Waals surface area contributed by atoms with Crippen LogP contribution in [0.1, 0.15) is 61.1 Å². The highest BCUT2D eigenvalue weighted by molar-refractivity contribution is 7.00. The summed E-state index contributed by atoms with van der Waals surface area (Å²) in [4.78, 5) is 10.0. The van der Waals surface area contributed by atoms with Gasteiger partial charge in [0.25, 0.3) is 6.71 Å². The zero-order valence-electron chi connectivity index (χ0n) is 47.7. The first-order valence-electron chi connectivity index (χ1n) is 28.7. The highest BCUT2D eigenvalue weighted by atomic mass is 15.2. The van der Waals surface area contributed by atoms with Crippen LogP contribution in [-0.2, 0) is 11.8 Å². The summed E-state index contributed by atoms with van der Waals surface area (Å²) in [6, 6.07) is 93.6. The molecular formula is C76H67BN4. The first kappa shape index (κ1) is 51.1. The zero-order valence-corrected chi connectivity index (χ0v) is 47.7. The Hall–Kier alpha value is -9.32. The number of aryl methyl sites for hydroxylation is 5. The maximum atomic E-state index is 2.59. The third kappa shape index (κ3) is 9.37. The molecule has 13 rings (SSSR count). The van der Waals surface area contributed by atoms with Gasteiger partial charge in [-0.25, -0.2) is 0 Å². The van der Waals surface area contributed by atoms with Crippen LogP contribution in [0.15, 0.2) is 249 Å². The van der Waals surface area contributed by atoms with Gasteiger partial charge >= 0.3 is 0 Å². The molecule has 0 aliphatic carbocycles. The number of anilines is 12. The minimum atomic E-state index is -0.125. The summed E-state index contributed by atoms with van der Waals surface area (Å²) in [5.41, 5.74) is 29.4. The van der Waals surface area contributed by atoms with Gasteiger partial charge in [0.15, 0.2) is 0 Å². The van der Waals surface area contributed by atoms with Gasteiger partial charge in [-0.1, -0.05) is 189 Å². The predicted molar refractivity (Wildman–Crippen MR) is 348 cm³/mol. The van der Waals surface area contributed by atoms with E-state index in [9.17, 15) is 0 Å². The Bertz CT molecular complexity index is 4020. The smallest absolute Gasteiger partial charge is 0.252 e. The summed E-state index contributed by atoms with van der Waals surface area (Å²) in [5, 5.41) is 0. The molecule has 11 aromatic rings. The Balaban J connectivity index is 1.12. The summed E-state index contributed by atoms with van der Waals surface area (Å²) in [7, 11) is 0. The van der Waals surface area contributed by atoms with Crippen LogP contribution in [0, 0.1) is 27.7 Å². The Morgan fingerprint density at radius 3 is 1.12 bits per heavy atom. The number of hydrogen-bond acceptors (Lipinski definition) is 4. The minimum Gasteiger partial charge on any atom is -0.311 e. The highest BCUT2D eigenvalue weighted by Crippen LogP contribution is 2.51. The van der Waals surface area contributed by atoms with E-state index in [2.05, 4.69) is 324 Å². The van der Waals surface area contributed by atoms with Gasteiger partial charge in [0.1, 0.15) is 0 Å². The van der Waals surface area contributed by atoms with Gasteiger partial charge in [-0.05, 0) is 187 Å². The third-order valence-electron chi connectivity index (χ3n) is 16.6. The molecule has 4 nitrogen and oxygen atoms in total. The van der Waals surface area contributed by atoms with E-state index in [4.69, 9.17) is 0 Å². The zero-order chi connectivity index (χ0) is 55.5. The van der Waals surface area contributed by atoms with Crippen LogP contribution in [0.4, 0.5) is 68.2 Å². The van der Waals surface area contributed by atoms with Crippen LogP contribution < -0.4 is 36.0 Å². The standard InChI is InChI=1S/C76H67BN4/c1-9-55-31-45-69(65(47-55)56-17-12-10-13-18-56)80-71-21-16-22-72-75(71)77(67-43-41-63(49-73(67)80)78(59-33-23-51(2)24-34-59)60-35-25-52(3)26-36-60)68-44-42-64(79(61-37-27-53(4)28-38-61)62-39-29-54(5)30-40-62)50-74(68)81(72)70-46-32-58(76(6,7)8)48-66(70)57-19-14-11-15-20-57/h10-50H,9H2,1-8H3. The lowest BCUT2D eigenvalue weighted by atomic mass is 9.33. The second-order valence-electron chi connectivity index (χ2n) is 23.2. The lowest BCUT2D eigenvalue weighted by Gasteiger charge is -2.45. The first-order chi connectivity index (χ1) is 39.4. The van der Waals surface area contributed by atoms with Crippen molar-refractivity contribution in [1.29, 1.82) is 0 Å². The molecule has 81 heavy (non-hydrogen) atoms. The fourth-order valence-electron chi connectivity index (χ4n) is 12.3. The van der Waals surface area contributed by atoms with E-state index in [1.165, 1.54) is 72.0 Å². The molecule has 2 heterocycles. The van der Waals surface area contributed by atoms with E-state index in [0.29, 0.717) is 0 Å². The minimum absolute atomic E-state index is 0.0735. The van der Waals surface area contributed by atoms with Gasteiger partial charge in [-0.3, -0.25) is 0 Å². The van der Waals surface area contributed by atoms with Crippen LogP contribution in [-0.4, -0.2) is 6.71 Å². The van der Waals surface area contributed by atoms with Crippen LogP contribution >= 0.6 is 0 Å². The van der Waals surface area contributed by atoms with Gasteiger partial charge in [0.2, 0.25) is 0 Å². The molecule has 0 saturated heterocycles. The van der Waals surface area contributed by atoms with Gasteiger partial charge in [-0.15, -0.1) is 0 Å². The number of fused-ring (bicyclic) bond motifs is 4. The SMILES string of the molecule is CCc1ccc(N2c3cc(N(c4ccc(C)cc4)c4ccc(C)cc4)ccc3B3c4ccc(N(c5ccc(C)cc5)c5ccc(C)cc5)cc4N(c4ccc(C(C)(C)C)cc4-c4ccccc4)c4cccc2c43)c(-c2ccccc2)c1. The number of rotatable bonds is 11. The van der Waals surface area contributed by atoms with Crippen molar-refractivity contribution in [2.75, 3.05) is 19.6 Å². The number of nitrogens with zero attached hydrogens (tertiary/aromatic N) is 4. The quantitative estimate of drug-likeness (QED) is 0.120. The summed E-state index contributed by atoms with van der Waals surface area (Å²) in [6.07, 6.45) is 0.933. The predicted octanol–water partition coefficient (Wildman–Crippen LogP) is 19.1. The summed E-state index contributed by atoms with van der Waals surface area (Å²) < 4.78 is 0. The molecule has 2 aliphatic heterocycles. The first-order valence-corrected chi connectivity index (χ1v) is 28.7. The van der Waals surface area contributed by atoms with E-state index in [-0.39, 0.29) is 12.1 Å². The normalized spacial score (nSPS) is 12.4. The summed E-state index contributed by atoms with van der Waals surface area (Å²) in [5.74, 6) is 0. The van der Waals surface area contributed by atoms with Gasteiger partial charge in [0.05, 0.1) is 11.4 Å². The molecule has 0 aromatic heterocycles. The lowest BCUT2D eigenvalue weighted by Crippen LogP contribution is -2.61. The van der Waals surface area contributed by atoms with Gasteiger partial charge in [0, 0.05) is 68.0 Å². The molecule has 0 unspecified atom stereocenters.